The van der Waals surface area contributed by atoms with Gasteiger partial charge in [0.2, 0.25) is 0 Å². The number of nitrogens with zero attached hydrogens (tertiary/aromatic N) is 2. The summed E-state index contributed by atoms with van der Waals surface area (Å²) in [5, 5.41) is 0.314. The van der Waals surface area contributed by atoms with Gasteiger partial charge >= 0.3 is 0 Å². The van der Waals surface area contributed by atoms with Crippen molar-refractivity contribution >= 4 is 16.7 Å². The van der Waals surface area contributed by atoms with E-state index in [9.17, 15) is 4.39 Å². The highest BCUT2D eigenvalue weighted by Gasteiger charge is 2.12. The molecule has 2 N–H and O–H groups in total. The molecule has 1 atom stereocenters. The van der Waals surface area contributed by atoms with Gasteiger partial charge < -0.3 is 5.73 Å². The summed E-state index contributed by atoms with van der Waals surface area (Å²) < 4.78 is 13.5. The molecule has 1 aromatic heterocycles. The molecule has 84 valence electrons. The Balaban J connectivity index is 2.68. The van der Waals surface area contributed by atoms with E-state index >= 15 is 0 Å². The first-order valence-corrected chi connectivity index (χ1v) is 5.35. The Hall–Kier alpha value is -1.71. The van der Waals surface area contributed by atoms with Crippen LogP contribution in [-0.2, 0) is 0 Å². The third-order valence-electron chi connectivity index (χ3n) is 2.77. The maximum atomic E-state index is 13.5. The lowest BCUT2D eigenvalue weighted by molar-refractivity contribution is 0.637. The Bertz CT molecular complexity index is 525. The first kappa shape index (κ1) is 10.8. The molecule has 0 aliphatic rings. The molecule has 4 heteroatoms. The standard InChI is InChI=1S/C12H14FN3/c1-3-7(2)12-15-9-6-4-5-8(13)10(9)11(14)16-12/h4-7H,3H2,1-2H3,(H2,14,15,16). The van der Waals surface area contributed by atoms with Gasteiger partial charge in [0.15, 0.2) is 0 Å². The summed E-state index contributed by atoms with van der Waals surface area (Å²) in [5.41, 5.74) is 6.33. The van der Waals surface area contributed by atoms with Gasteiger partial charge in [0.1, 0.15) is 17.5 Å². The molecule has 0 aliphatic carbocycles. The van der Waals surface area contributed by atoms with E-state index in [1.54, 1.807) is 12.1 Å². The molecule has 2 aromatic rings. The van der Waals surface area contributed by atoms with Crippen molar-refractivity contribution < 1.29 is 4.39 Å². The molecular formula is C12H14FN3. The molecule has 1 aromatic carbocycles. The van der Waals surface area contributed by atoms with Gasteiger partial charge in [-0.1, -0.05) is 19.9 Å². The van der Waals surface area contributed by atoms with Crippen molar-refractivity contribution in [2.75, 3.05) is 5.73 Å². The predicted octanol–water partition coefficient (Wildman–Crippen LogP) is 2.86. The number of benzene rings is 1. The smallest absolute Gasteiger partial charge is 0.138 e. The highest BCUT2D eigenvalue weighted by molar-refractivity contribution is 5.88. The highest BCUT2D eigenvalue weighted by Crippen LogP contribution is 2.24. The minimum absolute atomic E-state index is 0.221. The van der Waals surface area contributed by atoms with Crippen molar-refractivity contribution in [1.82, 2.24) is 9.97 Å². The molecule has 0 bridgehead atoms. The number of rotatable bonds is 2. The molecule has 0 fully saturated rings. The molecule has 2 rings (SSSR count). The first-order valence-electron chi connectivity index (χ1n) is 5.35. The van der Waals surface area contributed by atoms with Crippen LogP contribution in [0.4, 0.5) is 10.2 Å². The van der Waals surface area contributed by atoms with E-state index < -0.39 is 0 Å². The lowest BCUT2D eigenvalue weighted by Crippen LogP contribution is -2.05. The van der Waals surface area contributed by atoms with Crippen molar-refractivity contribution in [2.24, 2.45) is 0 Å². The van der Waals surface area contributed by atoms with Gasteiger partial charge in [0, 0.05) is 5.92 Å². The van der Waals surface area contributed by atoms with Crippen LogP contribution in [0.1, 0.15) is 32.0 Å². The van der Waals surface area contributed by atoms with Crippen LogP contribution in [0, 0.1) is 5.82 Å². The zero-order chi connectivity index (χ0) is 11.7. The Labute approximate surface area is 93.5 Å². The van der Waals surface area contributed by atoms with Crippen molar-refractivity contribution in [2.45, 2.75) is 26.2 Å². The average molecular weight is 219 g/mol. The fourth-order valence-electron chi connectivity index (χ4n) is 1.59. The molecule has 0 radical (unpaired) electrons. The second-order valence-electron chi connectivity index (χ2n) is 3.91. The van der Waals surface area contributed by atoms with Crippen LogP contribution in [0.2, 0.25) is 0 Å². The lowest BCUT2D eigenvalue weighted by atomic mass is 10.1. The second kappa shape index (κ2) is 4.04. The normalized spacial score (nSPS) is 12.9. The van der Waals surface area contributed by atoms with E-state index in [-0.39, 0.29) is 17.6 Å². The molecule has 0 saturated heterocycles. The van der Waals surface area contributed by atoms with Gasteiger partial charge in [-0.15, -0.1) is 0 Å². The van der Waals surface area contributed by atoms with Crippen LogP contribution in [0.5, 0.6) is 0 Å². The monoisotopic (exact) mass is 219 g/mol. The largest absolute Gasteiger partial charge is 0.383 e. The number of aromatic nitrogens is 2. The molecule has 3 nitrogen and oxygen atoms in total. The van der Waals surface area contributed by atoms with E-state index in [0.717, 1.165) is 6.42 Å². The number of nitrogens with two attached hydrogens (primary N) is 1. The van der Waals surface area contributed by atoms with Gasteiger partial charge in [-0.2, -0.15) is 0 Å². The number of nitrogen functional groups attached to an aromatic ring is 1. The van der Waals surface area contributed by atoms with Gasteiger partial charge in [-0.05, 0) is 18.6 Å². The summed E-state index contributed by atoms with van der Waals surface area (Å²) in [4.78, 5) is 8.50. The molecule has 0 aliphatic heterocycles. The molecule has 1 heterocycles. The number of fused-ring (bicyclic) bond motifs is 1. The topological polar surface area (TPSA) is 51.8 Å². The Morgan fingerprint density at radius 3 is 2.81 bits per heavy atom. The summed E-state index contributed by atoms with van der Waals surface area (Å²) in [5.74, 6) is 0.761. The van der Waals surface area contributed by atoms with Crippen molar-refractivity contribution in [3.63, 3.8) is 0 Å². The third-order valence-corrected chi connectivity index (χ3v) is 2.77. The predicted molar refractivity (Wildman–Crippen MR) is 62.6 cm³/mol. The van der Waals surface area contributed by atoms with E-state index in [1.807, 2.05) is 6.92 Å². The highest BCUT2D eigenvalue weighted by atomic mass is 19.1. The Kier molecular flexibility index (Phi) is 2.73. The SMILES string of the molecule is CCC(C)c1nc(N)c2c(F)cccc2n1. The quantitative estimate of drug-likeness (QED) is 0.844. The molecular weight excluding hydrogens is 205 g/mol. The van der Waals surface area contributed by atoms with Gasteiger partial charge in [-0.3, -0.25) is 0 Å². The average Bonchev–Trinajstić information content (AvgIpc) is 2.27. The van der Waals surface area contributed by atoms with Gasteiger partial charge in [0.05, 0.1) is 10.9 Å². The summed E-state index contributed by atoms with van der Waals surface area (Å²) in [6, 6.07) is 4.75. The summed E-state index contributed by atoms with van der Waals surface area (Å²) in [6.45, 7) is 4.08. The summed E-state index contributed by atoms with van der Waals surface area (Å²) in [7, 11) is 0. The first-order chi connectivity index (χ1) is 7.63. The van der Waals surface area contributed by atoms with E-state index in [1.165, 1.54) is 6.07 Å². The fourth-order valence-corrected chi connectivity index (χ4v) is 1.59. The van der Waals surface area contributed by atoms with Gasteiger partial charge in [-0.25, -0.2) is 14.4 Å². The molecule has 0 spiro atoms. The molecule has 16 heavy (non-hydrogen) atoms. The second-order valence-corrected chi connectivity index (χ2v) is 3.91. The van der Waals surface area contributed by atoms with E-state index in [2.05, 4.69) is 16.9 Å². The van der Waals surface area contributed by atoms with Gasteiger partial charge in [0.25, 0.3) is 0 Å². The van der Waals surface area contributed by atoms with E-state index in [0.29, 0.717) is 16.7 Å². The fraction of sp³-hybridized carbons (Fsp3) is 0.333. The van der Waals surface area contributed by atoms with Crippen LogP contribution in [-0.4, -0.2) is 9.97 Å². The van der Waals surface area contributed by atoms with Crippen LogP contribution < -0.4 is 5.73 Å². The third kappa shape index (κ3) is 1.71. The van der Waals surface area contributed by atoms with Crippen LogP contribution in [0.3, 0.4) is 0 Å². The number of anilines is 1. The molecule has 1 unspecified atom stereocenters. The van der Waals surface area contributed by atoms with Crippen LogP contribution >= 0.6 is 0 Å². The molecule has 0 saturated carbocycles. The summed E-state index contributed by atoms with van der Waals surface area (Å²) in [6.07, 6.45) is 0.931. The zero-order valence-electron chi connectivity index (χ0n) is 9.37. The number of hydrogen-bond donors (Lipinski definition) is 1. The minimum atomic E-state index is -0.370. The summed E-state index contributed by atoms with van der Waals surface area (Å²) >= 11 is 0. The van der Waals surface area contributed by atoms with Crippen molar-refractivity contribution in [1.29, 1.82) is 0 Å². The number of hydrogen-bond acceptors (Lipinski definition) is 3. The Morgan fingerprint density at radius 2 is 2.12 bits per heavy atom. The maximum Gasteiger partial charge on any atom is 0.138 e. The van der Waals surface area contributed by atoms with Crippen LogP contribution in [0.15, 0.2) is 18.2 Å². The zero-order valence-corrected chi connectivity index (χ0v) is 9.37. The minimum Gasteiger partial charge on any atom is -0.383 e. The molecule has 0 amide bonds. The maximum absolute atomic E-state index is 13.5. The van der Waals surface area contributed by atoms with E-state index in [4.69, 9.17) is 5.73 Å². The lowest BCUT2D eigenvalue weighted by Gasteiger charge is -2.10. The van der Waals surface area contributed by atoms with Crippen molar-refractivity contribution in [3.8, 4) is 0 Å². The van der Waals surface area contributed by atoms with Crippen molar-refractivity contribution in [3.05, 3.63) is 29.8 Å². The van der Waals surface area contributed by atoms with Crippen LogP contribution in [0.25, 0.3) is 10.9 Å². The number of halogens is 1. The Morgan fingerprint density at radius 1 is 1.38 bits per heavy atom.